The van der Waals surface area contributed by atoms with Crippen molar-refractivity contribution in [2.24, 2.45) is 0 Å². The summed E-state index contributed by atoms with van der Waals surface area (Å²) < 4.78 is 27.5. The maximum absolute atomic E-state index is 12.9. The lowest BCUT2D eigenvalue weighted by Gasteiger charge is -2.28. The lowest BCUT2D eigenvalue weighted by Crippen LogP contribution is -2.43. The van der Waals surface area contributed by atoms with Crippen LogP contribution in [0.5, 0.6) is 0 Å². The van der Waals surface area contributed by atoms with Crippen LogP contribution >= 0.6 is 15.9 Å². The highest BCUT2D eigenvalue weighted by atomic mass is 79.9. The van der Waals surface area contributed by atoms with Gasteiger partial charge in [0, 0.05) is 4.47 Å². The summed E-state index contributed by atoms with van der Waals surface area (Å²) in [7, 11) is -4.00. The Kier molecular flexibility index (Phi) is 5.11. The molecule has 0 fully saturated rings. The molecule has 1 unspecified atom stereocenters. The van der Waals surface area contributed by atoms with Crippen LogP contribution in [-0.2, 0) is 14.8 Å². The van der Waals surface area contributed by atoms with Crippen LogP contribution in [0.25, 0.3) is 0 Å². The number of hydrogen-bond donors (Lipinski definition) is 1. The normalized spacial score (nSPS) is 12.7. The highest BCUT2D eigenvalue weighted by Gasteiger charge is 2.33. The van der Waals surface area contributed by atoms with E-state index in [1.165, 1.54) is 19.1 Å². The number of aryl methyl sites for hydroxylation is 1. The monoisotopic (exact) mass is 397 g/mol. The summed E-state index contributed by atoms with van der Waals surface area (Å²) in [5.74, 6) is -1.22. The quantitative estimate of drug-likeness (QED) is 0.838. The molecule has 0 aliphatic rings. The summed E-state index contributed by atoms with van der Waals surface area (Å²) in [4.78, 5) is 11.5. The number of rotatable bonds is 5. The molecule has 7 heteroatoms. The number of nitrogens with zero attached hydrogens (tertiary/aromatic N) is 1. The van der Waals surface area contributed by atoms with Crippen molar-refractivity contribution in [2.45, 2.75) is 24.8 Å². The number of carboxylic acids is 1. The van der Waals surface area contributed by atoms with Crippen molar-refractivity contribution in [3.63, 3.8) is 0 Å². The van der Waals surface area contributed by atoms with Crippen molar-refractivity contribution in [1.82, 2.24) is 0 Å². The molecule has 0 aliphatic carbocycles. The molecule has 122 valence electrons. The lowest BCUT2D eigenvalue weighted by atomic mass is 10.2. The molecule has 0 saturated carbocycles. The Bertz CT molecular complexity index is 818. The highest BCUT2D eigenvalue weighted by Crippen LogP contribution is 2.28. The van der Waals surface area contributed by atoms with Crippen LogP contribution in [0.2, 0.25) is 0 Å². The summed E-state index contributed by atoms with van der Waals surface area (Å²) in [5, 5.41) is 9.32. The van der Waals surface area contributed by atoms with E-state index in [4.69, 9.17) is 0 Å². The minimum Gasteiger partial charge on any atom is -0.480 e. The van der Waals surface area contributed by atoms with Gasteiger partial charge in [0.05, 0.1) is 10.6 Å². The Labute approximate surface area is 143 Å². The second-order valence-electron chi connectivity index (χ2n) is 5.11. The first-order chi connectivity index (χ1) is 10.7. The maximum atomic E-state index is 12.9. The third-order valence-electron chi connectivity index (χ3n) is 3.35. The average molecular weight is 398 g/mol. The van der Waals surface area contributed by atoms with Gasteiger partial charge in [0.15, 0.2) is 0 Å². The molecular formula is C16H16BrNO4S. The Hall–Kier alpha value is -1.86. The third-order valence-corrected chi connectivity index (χ3v) is 5.76. The fourth-order valence-corrected chi connectivity index (χ4v) is 4.10. The minimum absolute atomic E-state index is 0.0520. The van der Waals surface area contributed by atoms with Gasteiger partial charge in [-0.05, 0) is 44.2 Å². The molecule has 2 aromatic carbocycles. The number of sulfonamides is 1. The van der Waals surface area contributed by atoms with Crippen LogP contribution in [0.1, 0.15) is 12.5 Å². The predicted molar refractivity (Wildman–Crippen MR) is 92.1 cm³/mol. The lowest BCUT2D eigenvalue weighted by molar-refractivity contribution is -0.137. The van der Waals surface area contributed by atoms with Gasteiger partial charge in [-0.25, -0.2) is 13.2 Å². The number of anilines is 1. The summed E-state index contributed by atoms with van der Waals surface area (Å²) >= 11 is 3.28. The van der Waals surface area contributed by atoms with Gasteiger partial charge in [-0.1, -0.05) is 39.7 Å². The van der Waals surface area contributed by atoms with E-state index in [9.17, 15) is 18.3 Å². The van der Waals surface area contributed by atoms with Crippen molar-refractivity contribution in [3.05, 3.63) is 58.6 Å². The summed E-state index contributed by atoms with van der Waals surface area (Å²) in [5.41, 5.74) is 1.21. The molecule has 2 rings (SSSR count). The molecule has 23 heavy (non-hydrogen) atoms. The highest BCUT2D eigenvalue weighted by molar-refractivity contribution is 9.10. The van der Waals surface area contributed by atoms with E-state index in [0.29, 0.717) is 4.47 Å². The first kappa shape index (κ1) is 17.5. The second kappa shape index (κ2) is 6.72. The predicted octanol–water partition coefficient (Wildman–Crippen LogP) is 3.43. The van der Waals surface area contributed by atoms with Crippen molar-refractivity contribution in [3.8, 4) is 0 Å². The van der Waals surface area contributed by atoms with Gasteiger partial charge in [0.25, 0.3) is 10.0 Å². The standard InChI is InChI=1S/C16H16BrNO4S/c1-11-6-8-15(9-7-11)23(21,22)18(12(2)16(19)20)14-5-3-4-13(17)10-14/h3-10,12H,1-2H3,(H,19,20). The number of halogens is 1. The molecule has 0 heterocycles. The zero-order chi connectivity index (χ0) is 17.2. The van der Waals surface area contributed by atoms with Gasteiger partial charge < -0.3 is 5.11 Å². The molecule has 0 aromatic heterocycles. The zero-order valence-corrected chi connectivity index (χ0v) is 15.0. The summed E-state index contributed by atoms with van der Waals surface area (Å²) in [6, 6.07) is 11.6. The van der Waals surface area contributed by atoms with Crippen molar-refractivity contribution in [1.29, 1.82) is 0 Å². The topological polar surface area (TPSA) is 74.7 Å². The molecule has 0 saturated heterocycles. The van der Waals surface area contributed by atoms with E-state index < -0.39 is 22.0 Å². The second-order valence-corrected chi connectivity index (χ2v) is 7.84. The van der Waals surface area contributed by atoms with Gasteiger partial charge in [-0.15, -0.1) is 0 Å². The molecule has 0 amide bonds. The number of carboxylic acid groups (broad SMARTS) is 1. The van der Waals surface area contributed by atoms with Crippen molar-refractivity contribution < 1.29 is 18.3 Å². The van der Waals surface area contributed by atoms with E-state index in [1.807, 2.05) is 6.92 Å². The smallest absolute Gasteiger partial charge is 0.327 e. The molecule has 1 atom stereocenters. The van der Waals surface area contributed by atoms with E-state index >= 15 is 0 Å². The number of hydrogen-bond acceptors (Lipinski definition) is 3. The molecule has 0 aliphatic heterocycles. The van der Waals surface area contributed by atoms with Crippen molar-refractivity contribution >= 4 is 37.6 Å². The SMILES string of the molecule is Cc1ccc(S(=O)(=O)N(c2cccc(Br)c2)C(C)C(=O)O)cc1. The van der Waals surface area contributed by atoms with Crippen molar-refractivity contribution in [2.75, 3.05) is 4.31 Å². The van der Waals surface area contributed by atoms with Crippen LogP contribution in [0.15, 0.2) is 57.9 Å². The van der Waals surface area contributed by atoms with E-state index in [1.54, 1.807) is 36.4 Å². The van der Waals surface area contributed by atoms with E-state index in [0.717, 1.165) is 9.87 Å². The van der Waals surface area contributed by atoms with Crippen LogP contribution in [-0.4, -0.2) is 25.5 Å². The summed E-state index contributed by atoms with van der Waals surface area (Å²) in [6.45, 7) is 3.19. The first-order valence-corrected chi connectivity index (χ1v) is 9.06. The molecule has 1 N–H and O–H groups in total. The van der Waals surface area contributed by atoms with Gasteiger partial charge >= 0.3 is 5.97 Å². The van der Waals surface area contributed by atoms with Crippen LogP contribution in [0, 0.1) is 6.92 Å². The molecule has 2 aromatic rings. The third kappa shape index (κ3) is 3.73. The Morgan fingerprint density at radius 1 is 1.17 bits per heavy atom. The number of aliphatic carboxylic acids is 1. The van der Waals surface area contributed by atoms with Gasteiger partial charge in [-0.2, -0.15) is 0 Å². The molecule has 0 radical (unpaired) electrons. The van der Waals surface area contributed by atoms with Crippen LogP contribution in [0.3, 0.4) is 0 Å². The molecule has 5 nitrogen and oxygen atoms in total. The zero-order valence-electron chi connectivity index (χ0n) is 12.6. The average Bonchev–Trinajstić information content (AvgIpc) is 2.47. The largest absolute Gasteiger partial charge is 0.480 e. The Morgan fingerprint density at radius 3 is 2.30 bits per heavy atom. The van der Waals surface area contributed by atoms with Crippen LogP contribution in [0.4, 0.5) is 5.69 Å². The van der Waals surface area contributed by atoms with E-state index in [-0.39, 0.29) is 10.6 Å². The van der Waals surface area contributed by atoms with Crippen LogP contribution < -0.4 is 4.31 Å². The van der Waals surface area contributed by atoms with Gasteiger partial charge in [0.1, 0.15) is 6.04 Å². The maximum Gasteiger partial charge on any atom is 0.327 e. The Balaban J connectivity index is 2.61. The molecule has 0 spiro atoms. The number of carbonyl (C=O) groups is 1. The minimum atomic E-state index is -4.00. The first-order valence-electron chi connectivity index (χ1n) is 6.83. The molecular weight excluding hydrogens is 382 g/mol. The number of benzene rings is 2. The summed E-state index contributed by atoms with van der Waals surface area (Å²) in [6.07, 6.45) is 0. The van der Waals surface area contributed by atoms with Gasteiger partial charge in [-0.3, -0.25) is 4.31 Å². The van der Waals surface area contributed by atoms with Gasteiger partial charge in [0.2, 0.25) is 0 Å². The van der Waals surface area contributed by atoms with E-state index in [2.05, 4.69) is 15.9 Å². The fraction of sp³-hybridized carbons (Fsp3) is 0.188. The molecule has 0 bridgehead atoms. The Morgan fingerprint density at radius 2 is 1.78 bits per heavy atom. The fourth-order valence-electron chi connectivity index (χ4n) is 2.11.